The molecule has 0 saturated carbocycles. The summed E-state index contributed by atoms with van der Waals surface area (Å²) in [7, 11) is 0. The Morgan fingerprint density at radius 1 is 0.600 bits per heavy atom. The molecule has 0 fully saturated rings. The summed E-state index contributed by atoms with van der Waals surface area (Å²) in [6.45, 7) is 2.00. The highest BCUT2D eigenvalue weighted by Crippen LogP contribution is 2.24. The van der Waals surface area contributed by atoms with Gasteiger partial charge in [-0.1, -0.05) is 54.6 Å². The van der Waals surface area contributed by atoms with E-state index < -0.39 is 0 Å². The van der Waals surface area contributed by atoms with Gasteiger partial charge in [0.15, 0.2) is 0 Å². The third-order valence-electron chi connectivity index (χ3n) is 3.12. The Morgan fingerprint density at radius 3 is 1.28 bits per heavy atom. The van der Waals surface area contributed by atoms with Crippen LogP contribution >= 0.6 is 0 Å². The van der Waals surface area contributed by atoms with E-state index in [0.717, 1.165) is 11.1 Å². The second-order valence-electron chi connectivity index (χ2n) is 4.77. The molecule has 0 aromatic heterocycles. The van der Waals surface area contributed by atoms with Gasteiger partial charge in [-0.3, -0.25) is 0 Å². The van der Waals surface area contributed by atoms with Crippen LogP contribution in [0, 0.1) is 0 Å². The molecule has 0 radical (unpaired) electrons. The molecule has 132 valence electrons. The first-order valence-electron chi connectivity index (χ1n) is 7.23. The van der Waals surface area contributed by atoms with E-state index in [1.54, 1.807) is 48.5 Å². The lowest BCUT2D eigenvalue weighted by Crippen LogP contribution is -1.88. The second kappa shape index (κ2) is 12.2. The first-order valence-corrected chi connectivity index (χ1v) is 7.23. The molecule has 25 heavy (non-hydrogen) atoms. The van der Waals surface area contributed by atoms with E-state index >= 15 is 0 Å². The molecule has 0 atom stereocenters. The van der Waals surface area contributed by atoms with Gasteiger partial charge in [-0.2, -0.15) is 0 Å². The zero-order valence-corrected chi connectivity index (χ0v) is 13.7. The van der Waals surface area contributed by atoms with Crippen LogP contribution in [0.2, 0.25) is 0 Å². The molecule has 5 N–H and O–H groups in total. The fourth-order valence-corrected chi connectivity index (χ4v) is 1.95. The molecule has 3 rings (SSSR count). The monoisotopic (exact) mass is 342 g/mol. The molecule has 0 amide bonds. The minimum absolute atomic E-state index is 0. The number of rotatable bonds is 2. The molecule has 0 saturated heterocycles. The molecule has 0 bridgehead atoms. The average Bonchev–Trinajstić information content (AvgIpc) is 2.62. The van der Waals surface area contributed by atoms with Gasteiger partial charge in [0, 0.05) is 6.42 Å². The van der Waals surface area contributed by atoms with Gasteiger partial charge in [-0.15, -0.1) is 0 Å². The van der Waals surface area contributed by atoms with Gasteiger partial charge in [0.05, 0.1) is 0 Å². The summed E-state index contributed by atoms with van der Waals surface area (Å²) in [5.41, 5.74) is 1.64. The van der Waals surface area contributed by atoms with Gasteiger partial charge < -0.3 is 25.6 Å². The number of aromatic hydroxyl groups is 3. The van der Waals surface area contributed by atoms with E-state index in [1.165, 1.54) is 0 Å². The molecule has 0 aliphatic rings. The summed E-state index contributed by atoms with van der Waals surface area (Å²) in [6.07, 6.45) is 0.541. The van der Waals surface area contributed by atoms with E-state index in [-0.39, 0.29) is 17.0 Å². The predicted molar refractivity (Wildman–Crippen MR) is 97.9 cm³/mol. The van der Waals surface area contributed by atoms with Crippen LogP contribution in [0.15, 0.2) is 78.9 Å². The molecule has 0 spiro atoms. The van der Waals surface area contributed by atoms with Gasteiger partial charge in [0.2, 0.25) is 0 Å². The van der Waals surface area contributed by atoms with E-state index in [1.807, 2.05) is 37.1 Å². The lowest BCUT2D eigenvalue weighted by Gasteiger charge is -2.05. The molecule has 0 aliphatic carbocycles. The van der Waals surface area contributed by atoms with Gasteiger partial charge in [-0.25, -0.2) is 0 Å². The third kappa shape index (κ3) is 7.67. The summed E-state index contributed by atoms with van der Waals surface area (Å²) < 4.78 is 0. The Balaban J connectivity index is 0.000000488. The maximum absolute atomic E-state index is 9.58. The highest BCUT2D eigenvalue weighted by molar-refractivity contribution is 5.41. The molecule has 5 nitrogen and oxygen atoms in total. The van der Waals surface area contributed by atoms with Crippen molar-refractivity contribution in [1.82, 2.24) is 0 Å². The normalized spacial score (nSPS) is 8.64. The summed E-state index contributed by atoms with van der Waals surface area (Å²) in [5, 5.41) is 27.8. The third-order valence-corrected chi connectivity index (χ3v) is 3.12. The number of hydrogen-bond donors (Lipinski definition) is 3. The van der Waals surface area contributed by atoms with Crippen LogP contribution in [-0.4, -0.2) is 27.6 Å². The molecule has 3 aromatic carbocycles. The quantitative estimate of drug-likeness (QED) is 0.665. The largest absolute Gasteiger partial charge is 0.508 e. The minimum Gasteiger partial charge on any atom is -0.508 e. The number of carbonyl (C=O) groups excluding carboxylic acids is 1. The molecule has 5 heteroatoms. The number of para-hydroxylation sites is 3. The Morgan fingerprint density at radius 2 is 0.960 bits per heavy atom. The van der Waals surface area contributed by atoms with Crippen molar-refractivity contribution in [3.63, 3.8) is 0 Å². The number of benzene rings is 3. The van der Waals surface area contributed by atoms with Gasteiger partial charge >= 0.3 is 0 Å². The molecular formula is C20H22O5. The van der Waals surface area contributed by atoms with Crippen LogP contribution in [0.5, 0.6) is 17.2 Å². The van der Waals surface area contributed by atoms with Crippen molar-refractivity contribution in [1.29, 1.82) is 0 Å². The zero-order valence-electron chi connectivity index (χ0n) is 13.7. The Bertz CT molecular complexity index is 685. The zero-order chi connectivity index (χ0) is 17.8. The minimum atomic E-state index is 0. The summed E-state index contributed by atoms with van der Waals surface area (Å²) in [6, 6.07) is 23.0. The van der Waals surface area contributed by atoms with Crippen molar-refractivity contribution in [2.24, 2.45) is 0 Å². The van der Waals surface area contributed by atoms with Crippen LogP contribution in [0.1, 0.15) is 11.1 Å². The Kier molecular flexibility index (Phi) is 10.5. The number of phenolic OH excluding ortho intramolecular Hbond substituents is 3. The van der Waals surface area contributed by atoms with Gasteiger partial charge in [0.25, 0.3) is 0 Å². The number of carbonyl (C=O) groups is 1. The fraction of sp³-hybridized carbons (Fsp3) is 0.0500. The second-order valence-corrected chi connectivity index (χ2v) is 4.77. The highest BCUT2D eigenvalue weighted by atomic mass is 16.3. The average molecular weight is 342 g/mol. The van der Waals surface area contributed by atoms with Crippen molar-refractivity contribution in [3.05, 3.63) is 90.0 Å². The van der Waals surface area contributed by atoms with Crippen molar-refractivity contribution in [2.45, 2.75) is 6.42 Å². The first-order chi connectivity index (χ1) is 11.7. The summed E-state index contributed by atoms with van der Waals surface area (Å²) in [5.74, 6) is 0.851. The smallest absolute Gasteiger partial charge is 0.119 e. The first kappa shape index (κ1) is 21.7. The van der Waals surface area contributed by atoms with E-state index in [4.69, 9.17) is 9.90 Å². The van der Waals surface area contributed by atoms with Crippen molar-refractivity contribution < 1.29 is 25.6 Å². The molecule has 0 aliphatic heterocycles. The van der Waals surface area contributed by atoms with Gasteiger partial charge in [0.1, 0.15) is 24.0 Å². The summed E-state index contributed by atoms with van der Waals surface area (Å²) in [4.78, 5) is 8.00. The Labute approximate surface area is 146 Å². The predicted octanol–water partition coefficient (Wildman–Crippen LogP) is 3.07. The van der Waals surface area contributed by atoms with Crippen LogP contribution in [0.3, 0.4) is 0 Å². The van der Waals surface area contributed by atoms with E-state index in [9.17, 15) is 10.2 Å². The molecular weight excluding hydrogens is 320 g/mol. The molecule has 0 unspecified atom stereocenters. The lowest BCUT2D eigenvalue weighted by molar-refractivity contribution is -0.0979. The summed E-state index contributed by atoms with van der Waals surface area (Å²) >= 11 is 0. The van der Waals surface area contributed by atoms with Crippen LogP contribution in [-0.2, 0) is 11.2 Å². The number of phenols is 3. The van der Waals surface area contributed by atoms with Crippen molar-refractivity contribution in [2.75, 3.05) is 0 Å². The van der Waals surface area contributed by atoms with Crippen LogP contribution < -0.4 is 0 Å². The SMILES string of the molecule is C=O.O.Oc1ccccc1.Oc1ccccc1Cc1ccccc1O. The maximum atomic E-state index is 9.58. The number of hydrogen-bond acceptors (Lipinski definition) is 4. The Hall–Kier alpha value is -3.31. The van der Waals surface area contributed by atoms with Crippen LogP contribution in [0.4, 0.5) is 0 Å². The topological polar surface area (TPSA) is 109 Å². The van der Waals surface area contributed by atoms with E-state index in [0.29, 0.717) is 12.2 Å². The fourth-order valence-electron chi connectivity index (χ4n) is 1.95. The lowest BCUT2D eigenvalue weighted by atomic mass is 10.0. The van der Waals surface area contributed by atoms with Crippen molar-refractivity contribution in [3.8, 4) is 17.2 Å². The molecule has 0 heterocycles. The standard InChI is InChI=1S/C13H12O2.C6H6O.CH2O.H2O/c14-12-7-3-1-5-10(12)9-11-6-2-4-8-13(11)15;7-6-4-2-1-3-5-6;1-2;/h1-8,14-15H,9H2;1-5,7H;1H2;1H2. The van der Waals surface area contributed by atoms with Crippen molar-refractivity contribution >= 4 is 6.79 Å². The maximum Gasteiger partial charge on any atom is 0.119 e. The van der Waals surface area contributed by atoms with Gasteiger partial charge in [-0.05, 0) is 35.4 Å². The molecule has 3 aromatic rings. The van der Waals surface area contributed by atoms with Crippen LogP contribution in [0.25, 0.3) is 0 Å². The highest BCUT2D eigenvalue weighted by Gasteiger charge is 2.04. The van der Waals surface area contributed by atoms with E-state index in [2.05, 4.69) is 0 Å².